The molecule has 0 amide bonds. The van der Waals surface area contributed by atoms with Crippen molar-refractivity contribution >= 4 is 0 Å². The van der Waals surface area contributed by atoms with Gasteiger partial charge in [0, 0.05) is 0 Å². The van der Waals surface area contributed by atoms with E-state index in [1.165, 1.54) is 0 Å². The third-order valence-electron chi connectivity index (χ3n) is 2.93. The lowest BCUT2D eigenvalue weighted by Crippen LogP contribution is -2.55. The van der Waals surface area contributed by atoms with Crippen LogP contribution in [0.1, 0.15) is 11.7 Å². The van der Waals surface area contributed by atoms with Crippen molar-refractivity contribution < 1.29 is 25.2 Å². The SMILES string of the molecule is OC[C@H]1O[C@H](c2[c]cccc2)[C@H](O)[C@@H](O)[C@H]1O. The average Bonchev–Trinajstić information content (AvgIpc) is 2.37. The van der Waals surface area contributed by atoms with Crippen molar-refractivity contribution in [3.8, 4) is 0 Å². The van der Waals surface area contributed by atoms with Gasteiger partial charge < -0.3 is 25.2 Å². The highest BCUT2D eigenvalue weighted by Gasteiger charge is 2.43. The number of aliphatic hydroxyl groups excluding tert-OH is 4. The van der Waals surface area contributed by atoms with Gasteiger partial charge in [-0.1, -0.05) is 24.3 Å². The molecule has 4 N–H and O–H groups in total. The average molecular weight is 239 g/mol. The van der Waals surface area contributed by atoms with Crippen LogP contribution in [0.4, 0.5) is 0 Å². The number of rotatable bonds is 2. The molecule has 1 radical (unpaired) electrons. The first-order chi connectivity index (χ1) is 8.15. The molecule has 5 nitrogen and oxygen atoms in total. The van der Waals surface area contributed by atoms with Crippen LogP contribution in [0.3, 0.4) is 0 Å². The largest absolute Gasteiger partial charge is 0.394 e. The van der Waals surface area contributed by atoms with E-state index in [0.29, 0.717) is 5.56 Å². The fraction of sp³-hybridized carbons (Fsp3) is 0.500. The molecule has 0 bridgehead atoms. The van der Waals surface area contributed by atoms with Crippen LogP contribution >= 0.6 is 0 Å². The lowest BCUT2D eigenvalue weighted by molar-refractivity contribution is -0.231. The minimum absolute atomic E-state index is 0.422. The topological polar surface area (TPSA) is 90.2 Å². The molecule has 1 aromatic rings. The standard InChI is InChI=1S/C12H15O5/c13-6-8-9(14)10(15)11(16)12(17-8)7-4-2-1-3-5-7/h1-4,8-16H,6H2/t8-,9+,10+,11-,12-/m1/s1. The first-order valence-electron chi connectivity index (χ1n) is 5.42. The monoisotopic (exact) mass is 239 g/mol. The molecule has 0 unspecified atom stereocenters. The Labute approximate surface area is 98.9 Å². The van der Waals surface area contributed by atoms with Crippen LogP contribution < -0.4 is 0 Å². The molecule has 5 heteroatoms. The van der Waals surface area contributed by atoms with Crippen molar-refractivity contribution in [2.24, 2.45) is 0 Å². The van der Waals surface area contributed by atoms with Gasteiger partial charge in [0.2, 0.25) is 0 Å². The van der Waals surface area contributed by atoms with Gasteiger partial charge in [-0.2, -0.15) is 0 Å². The van der Waals surface area contributed by atoms with Crippen LogP contribution in [-0.4, -0.2) is 51.4 Å². The van der Waals surface area contributed by atoms with E-state index in [4.69, 9.17) is 9.84 Å². The maximum Gasteiger partial charge on any atom is 0.113 e. The summed E-state index contributed by atoms with van der Waals surface area (Å²) in [6.45, 7) is -0.422. The molecule has 17 heavy (non-hydrogen) atoms. The van der Waals surface area contributed by atoms with Gasteiger partial charge in [-0.15, -0.1) is 0 Å². The third-order valence-corrected chi connectivity index (χ3v) is 2.93. The molecule has 0 spiro atoms. The third kappa shape index (κ3) is 2.34. The number of benzene rings is 1. The second-order valence-electron chi connectivity index (χ2n) is 4.07. The van der Waals surface area contributed by atoms with Crippen molar-refractivity contribution in [2.45, 2.75) is 30.5 Å². The number of hydrogen-bond donors (Lipinski definition) is 4. The zero-order chi connectivity index (χ0) is 12.4. The van der Waals surface area contributed by atoms with E-state index in [1.807, 2.05) is 0 Å². The summed E-state index contributed by atoms with van der Waals surface area (Å²) >= 11 is 0. The summed E-state index contributed by atoms with van der Waals surface area (Å²) in [6.07, 6.45) is -5.60. The lowest BCUT2D eigenvalue weighted by atomic mass is 9.91. The van der Waals surface area contributed by atoms with Crippen molar-refractivity contribution in [2.75, 3.05) is 6.61 Å². The molecule has 0 saturated carbocycles. The van der Waals surface area contributed by atoms with Crippen molar-refractivity contribution in [1.29, 1.82) is 0 Å². The Hall–Kier alpha value is -0.980. The molecule has 1 heterocycles. The van der Waals surface area contributed by atoms with Crippen LogP contribution in [0, 0.1) is 6.07 Å². The van der Waals surface area contributed by atoms with Gasteiger partial charge in [0.15, 0.2) is 0 Å². The molecule has 2 rings (SSSR count). The predicted octanol–water partition coefficient (Wildman–Crippen LogP) is -0.998. The normalized spacial score (nSPS) is 38.0. The van der Waals surface area contributed by atoms with Gasteiger partial charge in [-0.05, 0) is 11.6 Å². The van der Waals surface area contributed by atoms with Crippen molar-refractivity contribution in [3.63, 3.8) is 0 Å². The molecule has 5 atom stereocenters. The molecule has 93 valence electrons. The molecule has 1 saturated heterocycles. The summed E-state index contributed by atoms with van der Waals surface area (Å²) in [7, 11) is 0. The van der Waals surface area contributed by atoms with E-state index < -0.39 is 37.1 Å². The smallest absolute Gasteiger partial charge is 0.113 e. The van der Waals surface area contributed by atoms with Gasteiger partial charge in [-0.25, -0.2) is 0 Å². The van der Waals surface area contributed by atoms with Gasteiger partial charge >= 0.3 is 0 Å². The summed E-state index contributed by atoms with van der Waals surface area (Å²) in [4.78, 5) is 0. The summed E-state index contributed by atoms with van der Waals surface area (Å²) in [5.41, 5.74) is 0.574. The van der Waals surface area contributed by atoms with E-state index in [-0.39, 0.29) is 0 Å². The highest BCUT2D eigenvalue weighted by Crippen LogP contribution is 2.31. The van der Waals surface area contributed by atoms with Gasteiger partial charge in [0.25, 0.3) is 0 Å². The second-order valence-corrected chi connectivity index (χ2v) is 4.07. The van der Waals surface area contributed by atoms with Crippen LogP contribution in [0.2, 0.25) is 0 Å². The molecule has 0 aliphatic carbocycles. The van der Waals surface area contributed by atoms with Crippen LogP contribution in [-0.2, 0) is 4.74 Å². The fourth-order valence-electron chi connectivity index (χ4n) is 1.94. The van der Waals surface area contributed by atoms with E-state index >= 15 is 0 Å². The lowest BCUT2D eigenvalue weighted by Gasteiger charge is -2.40. The summed E-state index contributed by atoms with van der Waals surface area (Å²) < 4.78 is 5.38. The summed E-state index contributed by atoms with van der Waals surface area (Å²) in [6, 6.07) is 9.78. The van der Waals surface area contributed by atoms with E-state index in [9.17, 15) is 15.3 Å². The highest BCUT2D eigenvalue weighted by atomic mass is 16.5. The Morgan fingerprint density at radius 2 is 1.88 bits per heavy atom. The zero-order valence-corrected chi connectivity index (χ0v) is 9.10. The van der Waals surface area contributed by atoms with Gasteiger partial charge in [0.05, 0.1) is 6.61 Å². The Balaban J connectivity index is 2.23. The zero-order valence-electron chi connectivity index (χ0n) is 9.10. The molecule has 1 aliphatic heterocycles. The summed E-state index contributed by atoms with van der Waals surface area (Å²) in [5, 5.41) is 38.1. The van der Waals surface area contributed by atoms with Gasteiger partial charge in [-0.3, -0.25) is 0 Å². The minimum atomic E-state index is -1.35. The first kappa shape index (κ1) is 12.5. The molecule has 1 fully saturated rings. The van der Waals surface area contributed by atoms with Crippen LogP contribution in [0.15, 0.2) is 24.3 Å². The van der Waals surface area contributed by atoms with E-state index in [2.05, 4.69) is 6.07 Å². The Morgan fingerprint density at radius 1 is 1.12 bits per heavy atom. The summed E-state index contributed by atoms with van der Waals surface area (Å²) in [5.74, 6) is 0. The first-order valence-corrected chi connectivity index (χ1v) is 5.42. The molecule has 1 aliphatic rings. The predicted molar refractivity (Wildman–Crippen MR) is 58.0 cm³/mol. The molecular weight excluding hydrogens is 224 g/mol. The van der Waals surface area contributed by atoms with Crippen LogP contribution in [0.5, 0.6) is 0 Å². The number of ether oxygens (including phenoxy) is 1. The van der Waals surface area contributed by atoms with E-state index in [0.717, 1.165) is 0 Å². The number of aliphatic hydroxyl groups is 4. The maximum absolute atomic E-state index is 9.84. The fourth-order valence-corrected chi connectivity index (χ4v) is 1.94. The van der Waals surface area contributed by atoms with Crippen molar-refractivity contribution in [1.82, 2.24) is 0 Å². The number of hydrogen-bond acceptors (Lipinski definition) is 5. The molecule has 0 aromatic heterocycles. The minimum Gasteiger partial charge on any atom is -0.394 e. The van der Waals surface area contributed by atoms with E-state index in [1.54, 1.807) is 24.3 Å². The van der Waals surface area contributed by atoms with Crippen LogP contribution in [0.25, 0.3) is 0 Å². The Morgan fingerprint density at radius 3 is 2.47 bits per heavy atom. The molecular formula is C12H15O5. The Kier molecular flexibility index (Phi) is 3.76. The maximum atomic E-state index is 9.84. The van der Waals surface area contributed by atoms with Gasteiger partial charge in [0.1, 0.15) is 30.5 Å². The molecule has 1 aromatic carbocycles. The Bertz CT molecular complexity index is 353. The highest BCUT2D eigenvalue weighted by molar-refractivity contribution is 5.19. The quantitative estimate of drug-likeness (QED) is 0.531. The van der Waals surface area contributed by atoms with Crippen molar-refractivity contribution in [3.05, 3.63) is 35.9 Å². The second kappa shape index (κ2) is 5.12.